The largest absolute Gasteiger partial charge is 0.340 e. The summed E-state index contributed by atoms with van der Waals surface area (Å²) in [4.78, 5) is 16.8. The van der Waals surface area contributed by atoms with Gasteiger partial charge in [0.2, 0.25) is 5.91 Å². The monoisotopic (exact) mass is 269 g/mol. The van der Waals surface area contributed by atoms with Gasteiger partial charge in [0, 0.05) is 31.7 Å². The molecule has 1 unspecified atom stereocenters. The summed E-state index contributed by atoms with van der Waals surface area (Å²) in [7, 11) is 0. The smallest absolute Gasteiger partial charge is 0.239 e. The first-order chi connectivity index (χ1) is 8.97. The van der Waals surface area contributed by atoms with Crippen molar-refractivity contribution in [3.8, 4) is 0 Å². The minimum Gasteiger partial charge on any atom is -0.340 e. The maximum absolute atomic E-state index is 12.3. The van der Waals surface area contributed by atoms with E-state index in [1.807, 2.05) is 4.90 Å². The molecule has 1 fully saturated rings. The van der Waals surface area contributed by atoms with Crippen molar-refractivity contribution in [1.82, 2.24) is 15.1 Å². The molecule has 0 aromatic heterocycles. The molecule has 1 amide bonds. The molecule has 0 saturated carbocycles. The van der Waals surface area contributed by atoms with Gasteiger partial charge in [-0.25, -0.2) is 0 Å². The number of rotatable bonds is 7. The second-order valence-electron chi connectivity index (χ2n) is 6.00. The van der Waals surface area contributed by atoms with E-state index < -0.39 is 0 Å². The minimum atomic E-state index is 0.0466. The van der Waals surface area contributed by atoms with Gasteiger partial charge in [-0.2, -0.15) is 0 Å². The third kappa shape index (κ3) is 4.77. The van der Waals surface area contributed by atoms with E-state index in [-0.39, 0.29) is 6.04 Å². The van der Waals surface area contributed by atoms with Crippen molar-refractivity contribution in [2.75, 3.05) is 26.2 Å². The first-order valence-corrected chi connectivity index (χ1v) is 7.75. The molecule has 1 aliphatic heterocycles. The summed E-state index contributed by atoms with van der Waals surface area (Å²) in [6.45, 7) is 14.6. The minimum absolute atomic E-state index is 0.0466. The molecule has 0 bridgehead atoms. The summed E-state index contributed by atoms with van der Waals surface area (Å²) in [5.74, 6) is 0.292. The Morgan fingerprint density at radius 3 is 2.47 bits per heavy atom. The van der Waals surface area contributed by atoms with Crippen molar-refractivity contribution in [3.05, 3.63) is 0 Å². The second-order valence-corrected chi connectivity index (χ2v) is 6.00. The molecule has 0 aromatic carbocycles. The number of nitrogens with zero attached hydrogens (tertiary/aromatic N) is 2. The molecule has 1 heterocycles. The van der Waals surface area contributed by atoms with E-state index in [4.69, 9.17) is 0 Å². The second kappa shape index (κ2) is 7.85. The third-order valence-corrected chi connectivity index (χ3v) is 3.94. The van der Waals surface area contributed by atoms with Crippen LogP contribution in [-0.4, -0.2) is 60.0 Å². The van der Waals surface area contributed by atoms with Crippen LogP contribution in [0.2, 0.25) is 0 Å². The highest BCUT2D eigenvalue weighted by atomic mass is 16.2. The molecule has 1 N–H and O–H groups in total. The lowest BCUT2D eigenvalue weighted by Gasteiger charge is -2.36. The zero-order chi connectivity index (χ0) is 14.4. The van der Waals surface area contributed by atoms with Crippen LogP contribution in [0.4, 0.5) is 0 Å². The van der Waals surface area contributed by atoms with Gasteiger partial charge in [0.05, 0.1) is 6.04 Å². The van der Waals surface area contributed by atoms with Crippen molar-refractivity contribution in [2.45, 2.75) is 65.6 Å². The van der Waals surface area contributed by atoms with Crippen molar-refractivity contribution in [3.63, 3.8) is 0 Å². The molecule has 1 aliphatic rings. The van der Waals surface area contributed by atoms with Crippen LogP contribution in [0.5, 0.6) is 0 Å². The molecule has 0 spiro atoms. The van der Waals surface area contributed by atoms with Gasteiger partial charge < -0.3 is 10.2 Å². The first-order valence-electron chi connectivity index (χ1n) is 7.75. The van der Waals surface area contributed by atoms with Gasteiger partial charge in [-0.3, -0.25) is 9.69 Å². The Kier molecular flexibility index (Phi) is 6.80. The average Bonchev–Trinajstić information content (AvgIpc) is 2.33. The average molecular weight is 269 g/mol. The number of hydrogen-bond donors (Lipinski definition) is 1. The topological polar surface area (TPSA) is 35.6 Å². The molecule has 112 valence electrons. The van der Waals surface area contributed by atoms with Crippen LogP contribution in [0, 0.1) is 0 Å². The molecule has 0 radical (unpaired) electrons. The van der Waals surface area contributed by atoms with Crippen LogP contribution in [0.1, 0.15) is 47.5 Å². The summed E-state index contributed by atoms with van der Waals surface area (Å²) in [6.07, 6.45) is 2.11. The lowest BCUT2D eigenvalue weighted by molar-refractivity contribution is -0.136. The van der Waals surface area contributed by atoms with Gasteiger partial charge >= 0.3 is 0 Å². The molecule has 4 heteroatoms. The van der Waals surface area contributed by atoms with Crippen molar-refractivity contribution in [2.24, 2.45) is 0 Å². The third-order valence-electron chi connectivity index (χ3n) is 3.94. The van der Waals surface area contributed by atoms with Gasteiger partial charge in [0.1, 0.15) is 0 Å². The van der Waals surface area contributed by atoms with Gasteiger partial charge in [-0.1, -0.05) is 6.92 Å². The van der Waals surface area contributed by atoms with Crippen LogP contribution in [-0.2, 0) is 4.79 Å². The zero-order valence-electron chi connectivity index (χ0n) is 13.3. The van der Waals surface area contributed by atoms with Crippen LogP contribution in [0.25, 0.3) is 0 Å². The Bertz CT molecular complexity index is 269. The van der Waals surface area contributed by atoms with Crippen LogP contribution in [0.3, 0.4) is 0 Å². The fourth-order valence-corrected chi connectivity index (χ4v) is 2.95. The number of likely N-dealkylation sites (tertiary alicyclic amines) is 1. The number of carbonyl (C=O) groups excluding carboxylic acids is 1. The zero-order valence-corrected chi connectivity index (χ0v) is 13.3. The Morgan fingerprint density at radius 1 is 1.32 bits per heavy atom. The molecular weight excluding hydrogens is 238 g/mol. The lowest BCUT2D eigenvalue weighted by Crippen LogP contribution is -2.53. The van der Waals surface area contributed by atoms with Crippen LogP contribution >= 0.6 is 0 Å². The molecule has 1 saturated heterocycles. The lowest BCUT2D eigenvalue weighted by atomic mass is 10.0. The Labute approximate surface area is 118 Å². The standard InChI is InChI=1S/C15H31N3O/c1-6-16-14-8-7-9-17(15(14)19)10-11-18(12(2)3)13(4)5/h12-14,16H,6-11H2,1-5H3. The SMILES string of the molecule is CCNC1CCCN(CCN(C(C)C)C(C)C)C1=O. The van der Waals surface area contributed by atoms with Gasteiger partial charge in [-0.15, -0.1) is 0 Å². The van der Waals surface area contributed by atoms with Gasteiger partial charge in [-0.05, 0) is 47.1 Å². The summed E-state index contributed by atoms with van der Waals surface area (Å²) in [5.41, 5.74) is 0. The van der Waals surface area contributed by atoms with Crippen LogP contribution in [0.15, 0.2) is 0 Å². The van der Waals surface area contributed by atoms with Crippen molar-refractivity contribution >= 4 is 5.91 Å². The van der Waals surface area contributed by atoms with E-state index in [9.17, 15) is 4.79 Å². The molecule has 19 heavy (non-hydrogen) atoms. The Hall–Kier alpha value is -0.610. The van der Waals surface area contributed by atoms with Crippen molar-refractivity contribution in [1.29, 1.82) is 0 Å². The highest BCUT2D eigenvalue weighted by Crippen LogP contribution is 2.13. The molecule has 0 aromatic rings. The molecule has 0 aliphatic carbocycles. The van der Waals surface area contributed by atoms with Crippen LogP contribution < -0.4 is 5.32 Å². The predicted octanol–water partition coefficient (Wildman–Crippen LogP) is 1.71. The maximum Gasteiger partial charge on any atom is 0.239 e. The van der Waals surface area contributed by atoms with E-state index in [1.54, 1.807) is 0 Å². The summed E-state index contributed by atoms with van der Waals surface area (Å²) >= 11 is 0. The van der Waals surface area contributed by atoms with E-state index in [2.05, 4.69) is 44.8 Å². The molecule has 4 nitrogen and oxygen atoms in total. The first kappa shape index (κ1) is 16.4. The fraction of sp³-hybridized carbons (Fsp3) is 0.933. The van der Waals surface area contributed by atoms with Gasteiger partial charge in [0.15, 0.2) is 0 Å². The molecule has 1 rings (SSSR count). The fourth-order valence-electron chi connectivity index (χ4n) is 2.95. The number of carbonyl (C=O) groups is 1. The van der Waals surface area contributed by atoms with Gasteiger partial charge in [0.25, 0.3) is 0 Å². The number of amides is 1. The summed E-state index contributed by atoms with van der Waals surface area (Å²) in [6, 6.07) is 1.11. The Morgan fingerprint density at radius 2 is 1.95 bits per heavy atom. The Balaban J connectivity index is 2.49. The number of likely N-dealkylation sites (N-methyl/N-ethyl adjacent to an activating group) is 1. The molecule has 1 atom stereocenters. The van der Waals surface area contributed by atoms with Crippen molar-refractivity contribution < 1.29 is 4.79 Å². The predicted molar refractivity (Wildman–Crippen MR) is 80.3 cm³/mol. The number of nitrogens with one attached hydrogen (secondary N) is 1. The van der Waals surface area contributed by atoms with E-state index in [0.717, 1.165) is 39.0 Å². The summed E-state index contributed by atoms with van der Waals surface area (Å²) in [5, 5.41) is 3.29. The highest BCUT2D eigenvalue weighted by Gasteiger charge is 2.28. The number of piperidine rings is 1. The normalized spacial score (nSPS) is 20.9. The van der Waals surface area contributed by atoms with E-state index >= 15 is 0 Å². The maximum atomic E-state index is 12.3. The summed E-state index contributed by atoms with van der Waals surface area (Å²) < 4.78 is 0. The number of hydrogen-bond acceptors (Lipinski definition) is 3. The quantitative estimate of drug-likeness (QED) is 0.764. The highest BCUT2D eigenvalue weighted by molar-refractivity contribution is 5.82. The molecular formula is C15H31N3O. The van der Waals surface area contributed by atoms with E-state index in [1.165, 1.54) is 0 Å². The van der Waals surface area contributed by atoms with E-state index in [0.29, 0.717) is 18.0 Å².